The minimum Gasteiger partial charge on any atom is -0.496 e. The van der Waals surface area contributed by atoms with E-state index in [1.54, 1.807) is 18.2 Å². The molecule has 0 unspecified atom stereocenters. The lowest BCUT2D eigenvalue weighted by molar-refractivity contribution is -0.140. The van der Waals surface area contributed by atoms with Gasteiger partial charge in [0.2, 0.25) is 0 Å². The zero-order valence-electron chi connectivity index (χ0n) is 11.1. The Hall–Kier alpha value is -1.67. The second-order valence-electron chi connectivity index (χ2n) is 4.38. The van der Waals surface area contributed by atoms with Crippen LogP contribution in [0.4, 0.5) is 13.2 Å². The second-order valence-corrected chi connectivity index (χ2v) is 6.03. The van der Waals surface area contributed by atoms with Gasteiger partial charge in [0.1, 0.15) is 10.8 Å². The predicted molar refractivity (Wildman–Crippen MR) is 82.1 cm³/mol. The largest absolute Gasteiger partial charge is 0.496 e. The Kier molecular flexibility index (Phi) is 3.82. The summed E-state index contributed by atoms with van der Waals surface area (Å²) in [4.78, 5) is 7.93. The van der Waals surface area contributed by atoms with Crippen molar-refractivity contribution in [1.82, 2.24) is 9.97 Å². The molecule has 2 heterocycles. The minimum absolute atomic E-state index is 0.250. The molecular formula is C14H8BrF3N2OS. The van der Waals surface area contributed by atoms with E-state index in [0.29, 0.717) is 26.7 Å². The van der Waals surface area contributed by atoms with Crippen molar-refractivity contribution in [3.63, 3.8) is 0 Å². The standard InChI is InChI=1S/C14H8BrF3N2OS/c1-21-9-4-2-3-8-11(9)12(15)7(5-19-8)13-20-10(6-22-13)14(16,17)18/h2-6H,1H3. The highest BCUT2D eigenvalue weighted by molar-refractivity contribution is 9.10. The Morgan fingerprint density at radius 1 is 1.27 bits per heavy atom. The first-order valence-corrected chi connectivity index (χ1v) is 7.73. The number of nitrogens with zero attached hydrogens (tertiary/aromatic N) is 2. The van der Waals surface area contributed by atoms with Crippen molar-refractivity contribution in [2.75, 3.05) is 7.11 Å². The van der Waals surface area contributed by atoms with Gasteiger partial charge in [0.05, 0.1) is 18.0 Å². The SMILES string of the molecule is COc1cccc2ncc(-c3nc(C(F)(F)F)cs3)c(Br)c12. The van der Waals surface area contributed by atoms with Crippen LogP contribution >= 0.6 is 27.3 Å². The molecule has 114 valence electrons. The van der Waals surface area contributed by atoms with Gasteiger partial charge in [0, 0.05) is 21.6 Å². The van der Waals surface area contributed by atoms with Gasteiger partial charge in [-0.25, -0.2) is 4.98 Å². The normalized spacial score (nSPS) is 11.9. The number of fused-ring (bicyclic) bond motifs is 1. The second kappa shape index (κ2) is 5.51. The molecule has 2 aromatic heterocycles. The Morgan fingerprint density at radius 3 is 2.68 bits per heavy atom. The minimum atomic E-state index is -4.46. The number of hydrogen-bond donors (Lipinski definition) is 0. The molecule has 3 nitrogen and oxygen atoms in total. The number of pyridine rings is 1. The summed E-state index contributed by atoms with van der Waals surface area (Å²) in [5.74, 6) is 0.589. The smallest absolute Gasteiger partial charge is 0.434 e. The van der Waals surface area contributed by atoms with Crippen molar-refractivity contribution in [2.45, 2.75) is 6.18 Å². The molecule has 0 amide bonds. The first-order chi connectivity index (χ1) is 10.4. The van der Waals surface area contributed by atoms with E-state index in [9.17, 15) is 13.2 Å². The van der Waals surface area contributed by atoms with Crippen molar-refractivity contribution >= 4 is 38.2 Å². The molecule has 0 aliphatic heterocycles. The molecular weight excluding hydrogens is 381 g/mol. The van der Waals surface area contributed by atoms with Crippen molar-refractivity contribution in [3.8, 4) is 16.3 Å². The fraction of sp³-hybridized carbons (Fsp3) is 0.143. The molecule has 0 aliphatic rings. The number of hydrogen-bond acceptors (Lipinski definition) is 4. The summed E-state index contributed by atoms with van der Waals surface area (Å²) in [5, 5.41) is 1.94. The molecule has 3 rings (SSSR count). The van der Waals surface area contributed by atoms with Gasteiger partial charge < -0.3 is 4.74 Å². The lowest BCUT2D eigenvalue weighted by atomic mass is 10.1. The Labute approximate surface area is 135 Å². The first-order valence-electron chi connectivity index (χ1n) is 6.06. The van der Waals surface area contributed by atoms with Crippen LogP contribution in [0, 0.1) is 0 Å². The van der Waals surface area contributed by atoms with Crippen LogP contribution in [0.15, 0.2) is 34.2 Å². The number of alkyl halides is 3. The number of rotatable bonds is 2. The molecule has 0 spiro atoms. The third-order valence-corrected chi connectivity index (χ3v) is 4.74. The van der Waals surface area contributed by atoms with E-state index in [4.69, 9.17) is 4.74 Å². The quantitative estimate of drug-likeness (QED) is 0.608. The summed E-state index contributed by atoms with van der Waals surface area (Å²) in [5.41, 5.74) is 0.277. The maximum Gasteiger partial charge on any atom is 0.434 e. The van der Waals surface area contributed by atoms with E-state index in [-0.39, 0.29) is 5.01 Å². The number of halogens is 4. The molecule has 0 aliphatic carbocycles. The molecule has 0 bridgehead atoms. The lowest BCUT2D eigenvalue weighted by Gasteiger charge is -2.09. The number of thiazole rings is 1. The fourth-order valence-corrected chi connectivity index (χ4v) is 3.68. The van der Waals surface area contributed by atoms with E-state index >= 15 is 0 Å². The van der Waals surface area contributed by atoms with Crippen molar-refractivity contribution in [3.05, 3.63) is 39.9 Å². The molecule has 0 saturated heterocycles. The van der Waals surface area contributed by atoms with E-state index in [1.165, 1.54) is 13.3 Å². The Morgan fingerprint density at radius 2 is 2.05 bits per heavy atom. The number of ether oxygens (including phenoxy) is 1. The van der Waals surface area contributed by atoms with E-state index in [1.807, 2.05) is 0 Å². The summed E-state index contributed by atoms with van der Waals surface area (Å²) in [6.45, 7) is 0. The van der Waals surface area contributed by atoms with Crippen LogP contribution in [0.2, 0.25) is 0 Å². The van der Waals surface area contributed by atoms with Crippen molar-refractivity contribution in [1.29, 1.82) is 0 Å². The highest BCUT2D eigenvalue weighted by atomic mass is 79.9. The predicted octanol–water partition coefficient (Wildman–Crippen LogP) is 5.15. The third-order valence-electron chi connectivity index (χ3n) is 3.04. The van der Waals surface area contributed by atoms with Gasteiger partial charge >= 0.3 is 6.18 Å². The summed E-state index contributed by atoms with van der Waals surface area (Å²) in [7, 11) is 1.53. The molecule has 0 fully saturated rings. The molecule has 1 aromatic carbocycles. The summed E-state index contributed by atoms with van der Waals surface area (Å²) in [6.07, 6.45) is -2.95. The molecule has 0 N–H and O–H groups in total. The summed E-state index contributed by atoms with van der Waals surface area (Å²) < 4.78 is 44.0. The van der Waals surface area contributed by atoms with Crippen LogP contribution < -0.4 is 4.74 Å². The lowest BCUT2D eigenvalue weighted by Crippen LogP contribution is -2.04. The van der Waals surface area contributed by atoms with Crippen molar-refractivity contribution < 1.29 is 17.9 Å². The van der Waals surface area contributed by atoms with Gasteiger partial charge in [-0.2, -0.15) is 13.2 Å². The molecule has 0 radical (unpaired) electrons. The van der Waals surface area contributed by atoms with Crippen LogP contribution in [0.1, 0.15) is 5.69 Å². The van der Waals surface area contributed by atoms with E-state index < -0.39 is 11.9 Å². The molecule has 0 atom stereocenters. The molecule has 0 saturated carbocycles. The van der Waals surface area contributed by atoms with E-state index in [2.05, 4.69) is 25.9 Å². The fourth-order valence-electron chi connectivity index (χ4n) is 2.02. The number of methoxy groups -OCH3 is 1. The maximum absolute atomic E-state index is 12.7. The number of benzene rings is 1. The highest BCUT2D eigenvalue weighted by Crippen LogP contribution is 2.40. The first kappa shape index (κ1) is 15.2. The van der Waals surface area contributed by atoms with Crippen LogP contribution in [-0.4, -0.2) is 17.1 Å². The van der Waals surface area contributed by atoms with Crippen LogP contribution in [0.3, 0.4) is 0 Å². The van der Waals surface area contributed by atoms with Gasteiger partial charge in [0.25, 0.3) is 0 Å². The third kappa shape index (κ3) is 2.56. The Bertz CT molecular complexity index is 848. The molecule has 8 heteroatoms. The Balaban J connectivity index is 2.20. The van der Waals surface area contributed by atoms with Crippen molar-refractivity contribution in [2.24, 2.45) is 0 Å². The highest BCUT2D eigenvalue weighted by Gasteiger charge is 2.34. The van der Waals surface area contributed by atoms with Crippen LogP contribution in [0.5, 0.6) is 5.75 Å². The zero-order valence-corrected chi connectivity index (χ0v) is 13.5. The van der Waals surface area contributed by atoms with Crippen LogP contribution in [-0.2, 0) is 6.18 Å². The van der Waals surface area contributed by atoms with E-state index in [0.717, 1.165) is 16.7 Å². The van der Waals surface area contributed by atoms with Gasteiger partial charge in [-0.05, 0) is 28.1 Å². The molecule has 3 aromatic rings. The van der Waals surface area contributed by atoms with Crippen LogP contribution in [0.25, 0.3) is 21.5 Å². The topological polar surface area (TPSA) is 35.0 Å². The summed E-state index contributed by atoms with van der Waals surface area (Å²) >= 11 is 4.36. The average Bonchev–Trinajstić information content (AvgIpc) is 2.96. The van der Waals surface area contributed by atoms with Gasteiger partial charge in [-0.3, -0.25) is 4.98 Å². The number of aromatic nitrogens is 2. The maximum atomic E-state index is 12.7. The van der Waals surface area contributed by atoms with Gasteiger partial charge in [-0.1, -0.05) is 6.07 Å². The monoisotopic (exact) mass is 388 g/mol. The average molecular weight is 389 g/mol. The molecule has 22 heavy (non-hydrogen) atoms. The van der Waals surface area contributed by atoms with Gasteiger partial charge in [-0.15, -0.1) is 11.3 Å². The zero-order chi connectivity index (χ0) is 15.9. The summed E-state index contributed by atoms with van der Waals surface area (Å²) in [6, 6.07) is 5.36. The van der Waals surface area contributed by atoms with Gasteiger partial charge in [0.15, 0.2) is 5.69 Å².